The standard InChI is InChI=1S/C24H15ClF8N2O2/c25-18-6-5-15(10-16(18)22(37)35-20-7-4-14(26)9-19(20)27)34-21(36)11-17(24(31,32)33)12-2-1-3-13(8-12)23(28,29)30/h1-10,17H,11H2,(H,34,36)(H,35,37). The van der Waals surface area contributed by atoms with Crippen molar-refractivity contribution < 1.29 is 44.7 Å². The molecule has 0 aromatic heterocycles. The molecule has 37 heavy (non-hydrogen) atoms. The third-order valence-electron chi connectivity index (χ3n) is 5.08. The Morgan fingerprint density at radius 1 is 0.865 bits per heavy atom. The molecule has 0 spiro atoms. The number of rotatable bonds is 6. The normalized spacial score (nSPS) is 12.7. The molecule has 0 aliphatic carbocycles. The van der Waals surface area contributed by atoms with Gasteiger partial charge < -0.3 is 10.6 Å². The zero-order valence-corrected chi connectivity index (χ0v) is 19.0. The van der Waals surface area contributed by atoms with Gasteiger partial charge in [0.05, 0.1) is 27.8 Å². The minimum absolute atomic E-state index is 0.157. The highest BCUT2D eigenvalue weighted by Crippen LogP contribution is 2.40. The molecule has 0 bridgehead atoms. The second kappa shape index (κ2) is 10.8. The summed E-state index contributed by atoms with van der Waals surface area (Å²) in [6.45, 7) is 0. The summed E-state index contributed by atoms with van der Waals surface area (Å²) in [5, 5.41) is 4.13. The van der Waals surface area contributed by atoms with Crippen LogP contribution in [0.25, 0.3) is 0 Å². The summed E-state index contributed by atoms with van der Waals surface area (Å²) in [4.78, 5) is 24.9. The number of anilines is 2. The number of nitrogens with one attached hydrogen (secondary N) is 2. The SMILES string of the molecule is O=C(CC(c1cccc(C(F)(F)F)c1)C(F)(F)F)Nc1ccc(Cl)c(C(=O)Nc2ccc(F)cc2F)c1. The van der Waals surface area contributed by atoms with Gasteiger partial charge in [-0.15, -0.1) is 0 Å². The topological polar surface area (TPSA) is 58.2 Å². The molecule has 3 aromatic rings. The molecule has 1 unspecified atom stereocenters. The van der Waals surface area contributed by atoms with E-state index in [0.29, 0.717) is 18.2 Å². The molecular weight excluding hydrogens is 536 g/mol. The molecule has 3 aromatic carbocycles. The zero-order chi connectivity index (χ0) is 27.5. The van der Waals surface area contributed by atoms with E-state index >= 15 is 0 Å². The van der Waals surface area contributed by atoms with E-state index in [2.05, 4.69) is 10.6 Å². The average Bonchev–Trinajstić information content (AvgIpc) is 2.79. The second-order valence-electron chi connectivity index (χ2n) is 7.74. The van der Waals surface area contributed by atoms with E-state index in [4.69, 9.17) is 11.6 Å². The Kier molecular flexibility index (Phi) is 8.11. The van der Waals surface area contributed by atoms with Gasteiger partial charge in [0.1, 0.15) is 11.6 Å². The number of benzene rings is 3. The van der Waals surface area contributed by atoms with Crippen LogP contribution in [0.15, 0.2) is 60.7 Å². The van der Waals surface area contributed by atoms with Gasteiger partial charge in [-0.25, -0.2) is 8.78 Å². The first-order chi connectivity index (χ1) is 17.1. The van der Waals surface area contributed by atoms with Crippen LogP contribution in [0, 0.1) is 11.6 Å². The van der Waals surface area contributed by atoms with Crippen molar-refractivity contribution in [2.45, 2.75) is 24.7 Å². The Labute approximate surface area is 209 Å². The van der Waals surface area contributed by atoms with Gasteiger partial charge >= 0.3 is 12.4 Å². The first-order valence-electron chi connectivity index (χ1n) is 10.2. The molecule has 13 heteroatoms. The minimum atomic E-state index is -5.05. The smallest absolute Gasteiger partial charge is 0.326 e. The van der Waals surface area contributed by atoms with Gasteiger partial charge in [-0.1, -0.05) is 29.8 Å². The summed E-state index contributed by atoms with van der Waals surface area (Å²) >= 11 is 5.97. The predicted molar refractivity (Wildman–Crippen MR) is 119 cm³/mol. The van der Waals surface area contributed by atoms with Crippen molar-refractivity contribution in [1.29, 1.82) is 0 Å². The van der Waals surface area contributed by atoms with Crippen LogP contribution in [0.1, 0.15) is 33.8 Å². The van der Waals surface area contributed by atoms with Crippen LogP contribution in [0.5, 0.6) is 0 Å². The summed E-state index contributed by atoms with van der Waals surface area (Å²) in [5.41, 5.74) is -2.90. The summed E-state index contributed by atoms with van der Waals surface area (Å²) < 4.78 is 107. The number of amides is 2. The summed E-state index contributed by atoms with van der Waals surface area (Å²) in [6.07, 6.45) is -11.2. The Bertz CT molecular complexity index is 1320. The van der Waals surface area contributed by atoms with Gasteiger partial charge in [-0.2, -0.15) is 26.3 Å². The van der Waals surface area contributed by atoms with Crippen molar-refractivity contribution in [3.63, 3.8) is 0 Å². The lowest BCUT2D eigenvalue weighted by molar-refractivity contribution is -0.156. The highest BCUT2D eigenvalue weighted by atomic mass is 35.5. The van der Waals surface area contributed by atoms with Crippen molar-refractivity contribution in [1.82, 2.24) is 0 Å². The van der Waals surface area contributed by atoms with E-state index in [9.17, 15) is 44.7 Å². The molecule has 0 aliphatic rings. The fourth-order valence-electron chi connectivity index (χ4n) is 3.31. The largest absolute Gasteiger partial charge is 0.416 e. The number of hydrogen-bond donors (Lipinski definition) is 2. The minimum Gasteiger partial charge on any atom is -0.326 e. The fraction of sp³-hybridized carbons (Fsp3) is 0.167. The first-order valence-corrected chi connectivity index (χ1v) is 10.6. The quantitative estimate of drug-likeness (QED) is 0.311. The molecule has 2 N–H and O–H groups in total. The molecule has 0 radical (unpaired) electrons. The number of hydrogen-bond acceptors (Lipinski definition) is 2. The van der Waals surface area contributed by atoms with E-state index in [1.165, 1.54) is 6.07 Å². The highest BCUT2D eigenvalue weighted by Gasteiger charge is 2.43. The predicted octanol–water partition coefficient (Wildman–Crippen LogP) is 7.56. The van der Waals surface area contributed by atoms with E-state index in [0.717, 1.165) is 36.4 Å². The number of alkyl halides is 6. The van der Waals surface area contributed by atoms with Crippen molar-refractivity contribution in [3.05, 3.63) is 94.0 Å². The molecule has 1 atom stereocenters. The highest BCUT2D eigenvalue weighted by molar-refractivity contribution is 6.34. The summed E-state index contributed by atoms with van der Waals surface area (Å²) in [7, 11) is 0. The fourth-order valence-corrected chi connectivity index (χ4v) is 3.51. The third-order valence-corrected chi connectivity index (χ3v) is 5.40. The van der Waals surface area contributed by atoms with Gasteiger partial charge in [-0.3, -0.25) is 9.59 Å². The van der Waals surface area contributed by atoms with Crippen LogP contribution in [0.2, 0.25) is 5.02 Å². The molecule has 0 saturated heterocycles. The molecule has 0 saturated carbocycles. The van der Waals surface area contributed by atoms with E-state index in [1.807, 2.05) is 0 Å². The first kappa shape index (κ1) is 27.9. The zero-order valence-electron chi connectivity index (χ0n) is 18.3. The van der Waals surface area contributed by atoms with Gasteiger partial charge in [0, 0.05) is 18.2 Å². The molecule has 0 aliphatic heterocycles. The molecule has 3 rings (SSSR count). The van der Waals surface area contributed by atoms with Crippen molar-refractivity contribution in [2.75, 3.05) is 10.6 Å². The monoisotopic (exact) mass is 550 g/mol. The van der Waals surface area contributed by atoms with Crippen molar-refractivity contribution in [3.8, 4) is 0 Å². The molecular formula is C24H15ClF8N2O2. The van der Waals surface area contributed by atoms with Crippen molar-refractivity contribution >= 4 is 34.8 Å². The van der Waals surface area contributed by atoms with Crippen LogP contribution in [-0.4, -0.2) is 18.0 Å². The van der Waals surface area contributed by atoms with E-state index in [1.54, 1.807) is 0 Å². The summed E-state index contributed by atoms with van der Waals surface area (Å²) in [5.74, 6) is -6.70. The molecule has 196 valence electrons. The third kappa shape index (κ3) is 7.19. The molecule has 2 amide bonds. The maximum absolute atomic E-state index is 13.8. The molecule has 0 fully saturated rings. The van der Waals surface area contributed by atoms with Crippen LogP contribution in [0.4, 0.5) is 46.5 Å². The lowest BCUT2D eigenvalue weighted by atomic mass is 9.93. The van der Waals surface area contributed by atoms with Gasteiger partial charge in [0.25, 0.3) is 5.91 Å². The van der Waals surface area contributed by atoms with Crippen LogP contribution < -0.4 is 10.6 Å². The lowest BCUT2D eigenvalue weighted by Crippen LogP contribution is -2.26. The Balaban J connectivity index is 1.79. The Morgan fingerprint density at radius 2 is 1.57 bits per heavy atom. The van der Waals surface area contributed by atoms with Crippen LogP contribution in [0.3, 0.4) is 0 Å². The van der Waals surface area contributed by atoms with Gasteiger partial charge in [-0.05, 0) is 42.0 Å². The van der Waals surface area contributed by atoms with E-state index in [-0.39, 0.29) is 22.0 Å². The average molecular weight is 551 g/mol. The Morgan fingerprint density at radius 3 is 2.19 bits per heavy atom. The Hall–Kier alpha value is -3.67. The number of halogens is 9. The summed E-state index contributed by atoms with van der Waals surface area (Å²) in [6, 6.07) is 8.25. The maximum Gasteiger partial charge on any atom is 0.416 e. The number of carbonyl (C=O) groups is 2. The lowest BCUT2D eigenvalue weighted by Gasteiger charge is -2.21. The van der Waals surface area contributed by atoms with Crippen molar-refractivity contribution in [2.24, 2.45) is 0 Å². The van der Waals surface area contributed by atoms with Gasteiger partial charge in [0.15, 0.2) is 0 Å². The van der Waals surface area contributed by atoms with E-state index < -0.39 is 59.3 Å². The van der Waals surface area contributed by atoms with Crippen LogP contribution in [-0.2, 0) is 11.0 Å². The maximum atomic E-state index is 13.8. The number of carbonyl (C=O) groups excluding carboxylic acids is 2. The second-order valence-corrected chi connectivity index (χ2v) is 8.15. The van der Waals surface area contributed by atoms with Crippen LogP contribution >= 0.6 is 11.6 Å². The molecule has 4 nitrogen and oxygen atoms in total. The van der Waals surface area contributed by atoms with Gasteiger partial charge in [0.2, 0.25) is 5.91 Å². The molecule has 0 heterocycles.